The first kappa shape index (κ1) is 9.48. The Kier molecular flexibility index (Phi) is 6.25. The Hall–Kier alpha value is -0.520. The van der Waals surface area contributed by atoms with Gasteiger partial charge in [0.1, 0.15) is 0 Å². The summed E-state index contributed by atoms with van der Waals surface area (Å²) in [5.74, 6) is 0. The van der Waals surface area contributed by atoms with E-state index in [0.717, 1.165) is 0 Å². The van der Waals surface area contributed by atoms with Gasteiger partial charge in [-0.15, -0.1) is 0 Å². The summed E-state index contributed by atoms with van der Waals surface area (Å²) in [6.45, 7) is 6.74. The van der Waals surface area contributed by atoms with E-state index in [1.54, 1.807) is 5.57 Å². The van der Waals surface area contributed by atoms with Gasteiger partial charge in [-0.3, -0.25) is 0 Å². The third-order valence-electron chi connectivity index (χ3n) is 1.53. The van der Waals surface area contributed by atoms with Gasteiger partial charge in [0.15, 0.2) is 0 Å². The van der Waals surface area contributed by atoms with Gasteiger partial charge in [0.05, 0.1) is 0 Å². The van der Waals surface area contributed by atoms with E-state index in [9.17, 15) is 0 Å². The van der Waals surface area contributed by atoms with Gasteiger partial charge in [0.25, 0.3) is 0 Å². The third-order valence-corrected chi connectivity index (χ3v) is 1.53. The number of hydrogen-bond donors (Lipinski definition) is 0. The predicted octanol–water partition coefficient (Wildman–Crippen LogP) is 2.86. The van der Waals surface area contributed by atoms with E-state index in [0.29, 0.717) is 0 Å². The molecule has 1 rings (SSSR count). The first-order valence-corrected chi connectivity index (χ1v) is 3.82. The molecule has 0 N–H and O–H groups in total. The molecule has 0 saturated heterocycles. The summed E-state index contributed by atoms with van der Waals surface area (Å²) < 4.78 is 7.50. The van der Waals surface area contributed by atoms with Crippen LogP contribution in [0.3, 0.4) is 0 Å². The predicted molar refractivity (Wildman–Crippen MR) is 40.8 cm³/mol. The summed E-state index contributed by atoms with van der Waals surface area (Å²) in [5.41, 5.74) is 1.69. The first-order chi connectivity index (χ1) is 4.93. The number of rotatable bonds is 3. The number of allylic oxidation sites excluding steroid dienone is 2. The summed E-state index contributed by atoms with van der Waals surface area (Å²) in [6.07, 6.45) is 9.23. The third kappa shape index (κ3) is 5.61. The quantitative estimate of drug-likeness (QED) is 0.247. The summed E-state index contributed by atoms with van der Waals surface area (Å²) in [4.78, 5) is 0. The summed E-state index contributed by atoms with van der Waals surface area (Å²) in [6, 6.07) is 0. The molecule has 0 amide bonds. The van der Waals surface area contributed by atoms with E-state index in [1.165, 1.54) is 32.1 Å². The van der Waals surface area contributed by atoms with Gasteiger partial charge in [0, 0.05) is 0 Å². The van der Waals surface area contributed by atoms with Crippen molar-refractivity contribution in [1.82, 2.24) is 0 Å². The van der Waals surface area contributed by atoms with Crippen molar-refractivity contribution in [1.29, 1.82) is 0 Å². The van der Waals surface area contributed by atoms with E-state index in [-0.39, 0.29) is 0 Å². The van der Waals surface area contributed by atoms with Crippen LogP contribution >= 0.6 is 0 Å². The van der Waals surface area contributed by atoms with Crippen LogP contribution in [-0.2, 0) is 4.65 Å². The second-order valence-electron chi connectivity index (χ2n) is 2.50. The van der Waals surface area contributed by atoms with Gasteiger partial charge in [-0.2, -0.15) is 0 Å². The SMILES string of the molecule is CCCCC=C1CC1.[C-]#[O+]. The Morgan fingerprint density at radius 1 is 1.50 bits per heavy atom. The van der Waals surface area contributed by atoms with Gasteiger partial charge >= 0.3 is 11.3 Å². The zero-order valence-corrected chi connectivity index (χ0v) is 6.52. The van der Waals surface area contributed by atoms with Crippen molar-refractivity contribution in [2.75, 3.05) is 0 Å². The van der Waals surface area contributed by atoms with Crippen molar-refractivity contribution in [3.63, 3.8) is 0 Å². The van der Waals surface area contributed by atoms with Gasteiger partial charge < -0.3 is 0 Å². The van der Waals surface area contributed by atoms with Crippen molar-refractivity contribution >= 4 is 0 Å². The molecule has 0 radical (unpaired) electrons. The van der Waals surface area contributed by atoms with Gasteiger partial charge in [-0.1, -0.05) is 31.4 Å². The topological polar surface area (TPSA) is 19.9 Å². The van der Waals surface area contributed by atoms with Crippen LogP contribution in [0.15, 0.2) is 11.6 Å². The van der Waals surface area contributed by atoms with Crippen LogP contribution in [0, 0.1) is 6.65 Å². The van der Waals surface area contributed by atoms with Crippen molar-refractivity contribution in [2.45, 2.75) is 39.0 Å². The Bertz CT molecular complexity index is 116. The van der Waals surface area contributed by atoms with Crippen LogP contribution in [0.25, 0.3) is 0 Å². The molecular formula is C9H14O. The molecule has 1 heteroatoms. The van der Waals surface area contributed by atoms with E-state index >= 15 is 0 Å². The molecule has 1 fully saturated rings. The molecular weight excluding hydrogens is 124 g/mol. The van der Waals surface area contributed by atoms with Crippen molar-refractivity contribution < 1.29 is 4.65 Å². The molecule has 0 aromatic rings. The number of unbranched alkanes of at least 4 members (excludes halogenated alkanes) is 2. The fourth-order valence-corrected chi connectivity index (χ4v) is 0.787. The molecule has 0 atom stereocenters. The average molecular weight is 138 g/mol. The molecule has 10 heavy (non-hydrogen) atoms. The maximum atomic E-state index is 7.50. The van der Waals surface area contributed by atoms with Gasteiger partial charge in [0.2, 0.25) is 0 Å². The monoisotopic (exact) mass is 138 g/mol. The summed E-state index contributed by atoms with van der Waals surface area (Å²) in [5, 5.41) is 0. The fraction of sp³-hybridized carbons (Fsp3) is 0.667. The van der Waals surface area contributed by atoms with Crippen LogP contribution in [0.2, 0.25) is 0 Å². The van der Waals surface area contributed by atoms with Crippen LogP contribution in [0.5, 0.6) is 0 Å². The van der Waals surface area contributed by atoms with Crippen molar-refractivity contribution in [3.05, 3.63) is 18.3 Å². The van der Waals surface area contributed by atoms with E-state index in [1.807, 2.05) is 0 Å². The van der Waals surface area contributed by atoms with E-state index in [4.69, 9.17) is 4.65 Å². The van der Waals surface area contributed by atoms with Crippen LogP contribution in [0.4, 0.5) is 0 Å². The molecule has 1 aliphatic rings. The van der Waals surface area contributed by atoms with Crippen LogP contribution < -0.4 is 0 Å². The molecule has 56 valence electrons. The molecule has 1 aliphatic carbocycles. The second kappa shape index (κ2) is 6.60. The van der Waals surface area contributed by atoms with E-state index in [2.05, 4.69) is 19.7 Å². The molecule has 0 aliphatic heterocycles. The molecule has 1 saturated carbocycles. The Morgan fingerprint density at radius 3 is 2.50 bits per heavy atom. The summed E-state index contributed by atoms with van der Waals surface area (Å²) in [7, 11) is 0. The Balaban J connectivity index is 0.000000371. The van der Waals surface area contributed by atoms with Gasteiger partial charge in [-0.05, 0) is 19.3 Å². The molecule has 0 unspecified atom stereocenters. The zero-order chi connectivity index (χ0) is 7.82. The molecule has 0 heterocycles. The maximum absolute atomic E-state index is 7.50. The Labute approximate surface area is 62.8 Å². The van der Waals surface area contributed by atoms with Crippen molar-refractivity contribution in [2.24, 2.45) is 0 Å². The summed E-state index contributed by atoms with van der Waals surface area (Å²) >= 11 is 0. The zero-order valence-electron chi connectivity index (χ0n) is 6.52. The van der Waals surface area contributed by atoms with Crippen LogP contribution in [0.1, 0.15) is 39.0 Å². The minimum absolute atomic E-state index is 1.33. The van der Waals surface area contributed by atoms with Crippen molar-refractivity contribution in [3.8, 4) is 0 Å². The molecule has 0 bridgehead atoms. The van der Waals surface area contributed by atoms with Crippen LogP contribution in [-0.4, -0.2) is 0 Å². The fourth-order valence-electron chi connectivity index (χ4n) is 0.787. The minimum atomic E-state index is 1.33. The van der Waals surface area contributed by atoms with E-state index < -0.39 is 0 Å². The Morgan fingerprint density at radius 2 is 2.10 bits per heavy atom. The first-order valence-electron chi connectivity index (χ1n) is 3.82. The molecule has 1 nitrogen and oxygen atoms in total. The number of hydrogen-bond acceptors (Lipinski definition) is 0. The average Bonchev–Trinajstić information content (AvgIpc) is 2.77. The van der Waals surface area contributed by atoms with Gasteiger partial charge in [-0.25, -0.2) is 0 Å². The molecule has 0 aromatic carbocycles. The second-order valence-corrected chi connectivity index (χ2v) is 2.50. The molecule has 0 aromatic heterocycles. The standard InChI is InChI=1S/C8H14.CO/c1-2-3-4-5-8-6-7-8;1-2/h5H,2-4,6-7H2,1H3;. The molecule has 0 spiro atoms. The normalized spacial score (nSPS) is 13.3.